The van der Waals surface area contributed by atoms with Crippen LogP contribution in [0.5, 0.6) is 0 Å². The second kappa shape index (κ2) is 3.76. The third-order valence-corrected chi connectivity index (χ3v) is 1.43. The minimum Gasteiger partial charge on any atom is -0.453 e. The zero-order valence-corrected chi connectivity index (χ0v) is 6.82. The molecule has 58 valence electrons. The molecule has 0 saturated carbocycles. The zero-order valence-electron chi connectivity index (χ0n) is 6.82. The van der Waals surface area contributed by atoms with E-state index < -0.39 is 0 Å². The fraction of sp³-hybridized carbons (Fsp3) is 0.222. The molecule has 1 aromatic rings. The van der Waals surface area contributed by atoms with E-state index in [4.69, 9.17) is 4.74 Å². The molecule has 1 aromatic carbocycles. The number of benzene rings is 1. The normalized spacial score (nSPS) is 11.3. The van der Waals surface area contributed by atoms with Gasteiger partial charge in [-0.25, -0.2) is 0 Å². The molecule has 2 heteroatoms. The maximum atomic E-state index is 4.86. The fourth-order valence-electron chi connectivity index (χ4n) is 0.882. The van der Waals surface area contributed by atoms with Crippen LogP contribution in [-0.2, 0) is 4.74 Å². The summed E-state index contributed by atoms with van der Waals surface area (Å²) in [4.78, 5) is 0. The predicted molar refractivity (Wildman–Crippen MR) is 45.4 cm³/mol. The number of nitrogens with zero attached hydrogens (tertiary/aromatic N) is 1. The van der Waals surface area contributed by atoms with E-state index in [-0.39, 0.29) is 0 Å². The van der Waals surface area contributed by atoms with Crippen LogP contribution in [0.25, 0.3) is 0 Å². The van der Waals surface area contributed by atoms with E-state index in [1.807, 2.05) is 42.0 Å². The van der Waals surface area contributed by atoms with E-state index in [1.54, 1.807) is 13.5 Å². The quantitative estimate of drug-likeness (QED) is 0.354. The maximum Gasteiger partial charge on any atom is 0.329 e. The fourth-order valence-corrected chi connectivity index (χ4v) is 0.882. The van der Waals surface area contributed by atoms with Gasteiger partial charge < -0.3 is 4.74 Å². The van der Waals surface area contributed by atoms with E-state index in [0.717, 1.165) is 5.69 Å². The molecule has 0 bridgehead atoms. The maximum absolute atomic E-state index is 4.86. The molecule has 0 spiro atoms. The van der Waals surface area contributed by atoms with Gasteiger partial charge in [-0.15, -0.1) is 0 Å². The van der Waals surface area contributed by atoms with Crippen molar-refractivity contribution in [2.75, 3.05) is 14.2 Å². The molecule has 0 radical (unpaired) electrons. The van der Waals surface area contributed by atoms with E-state index >= 15 is 0 Å². The van der Waals surface area contributed by atoms with Gasteiger partial charge in [-0.05, 0) is 0 Å². The van der Waals surface area contributed by atoms with Crippen molar-refractivity contribution in [3.8, 4) is 0 Å². The zero-order chi connectivity index (χ0) is 8.10. The standard InChI is InChI=1S/C9H12NO/c1-10(8-11-2)9-6-4-3-5-7-9/h3-8H,1-2H3/q+1. The summed E-state index contributed by atoms with van der Waals surface area (Å²) in [7, 11) is 3.58. The Labute approximate surface area is 66.7 Å². The molecule has 0 heterocycles. The molecule has 0 aromatic heterocycles. The Balaban J connectivity index is 2.85. The van der Waals surface area contributed by atoms with Crippen molar-refractivity contribution in [2.24, 2.45) is 0 Å². The van der Waals surface area contributed by atoms with Crippen LogP contribution in [0.1, 0.15) is 0 Å². The van der Waals surface area contributed by atoms with Crippen LogP contribution >= 0.6 is 0 Å². The monoisotopic (exact) mass is 150 g/mol. The lowest BCUT2D eigenvalue weighted by molar-refractivity contribution is -0.409. The summed E-state index contributed by atoms with van der Waals surface area (Å²) in [6.07, 6.45) is 1.66. The average molecular weight is 150 g/mol. The lowest BCUT2D eigenvalue weighted by Gasteiger charge is -1.93. The number of ether oxygens (including phenoxy) is 1. The lowest BCUT2D eigenvalue weighted by atomic mass is 10.3. The topological polar surface area (TPSA) is 12.2 Å². The Morgan fingerprint density at radius 1 is 1.27 bits per heavy atom. The number of rotatable bonds is 2. The Hall–Kier alpha value is -1.31. The van der Waals surface area contributed by atoms with Crippen LogP contribution < -0.4 is 0 Å². The van der Waals surface area contributed by atoms with E-state index in [9.17, 15) is 0 Å². The van der Waals surface area contributed by atoms with Crippen molar-refractivity contribution in [3.63, 3.8) is 0 Å². The lowest BCUT2D eigenvalue weighted by Crippen LogP contribution is -2.00. The highest BCUT2D eigenvalue weighted by Gasteiger charge is 1.98. The summed E-state index contributed by atoms with van der Waals surface area (Å²) in [5, 5.41) is 0. The van der Waals surface area contributed by atoms with E-state index in [1.165, 1.54) is 0 Å². The Morgan fingerprint density at radius 2 is 1.91 bits per heavy atom. The van der Waals surface area contributed by atoms with Gasteiger partial charge in [-0.3, -0.25) is 0 Å². The van der Waals surface area contributed by atoms with Gasteiger partial charge in [0.2, 0.25) is 5.69 Å². The van der Waals surface area contributed by atoms with Gasteiger partial charge >= 0.3 is 6.40 Å². The highest BCUT2D eigenvalue weighted by molar-refractivity contribution is 5.43. The summed E-state index contributed by atoms with van der Waals surface area (Å²) >= 11 is 0. The Kier molecular flexibility index (Phi) is 2.66. The summed E-state index contributed by atoms with van der Waals surface area (Å²) < 4.78 is 6.78. The van der Waals surface area contributed by atoms with E-state index in [2.05, 4.69) is 0 Å². The highest BCUT2D eigenvalue weighted by atomic mass is 16.5. The minimum atomic E-state index is 1.12. The second-order valence-corrected chi connectivity index (χ2v) is 2.29. The molecule has 0 unspecified atom stereocenters. The van der Waals surface area contributed by atoms with Gasteiger partial charge in [0.25, 0.3) is 0 Å². The van der Waals surface area contributed by atoms with Gasteiger partial charge in [0.05, 0.1) is 7.11 Å². The van der Waals surface area contributed by atoms with Crippen LogP contribution in [-0.4, -0.2) is 25.1 Å². The minimum absolute atomic E-state index is 1.12. The third-order valence-electron chi connectivity index (χ3n) is 1.43. The summed E-state index contributed by atoms with van der Waals surface area (Å²) in [5.74, 6) is 0. The van der Waals surface area contributed by atoms with Gasteiger partial charge in [-0.1, -0.05) is 18.2 Å². The molecule has 0 fully saturated rings. The molecule has 0 N–H and O–H groups in total. The summed E-state index contributed by atoms with van der Waals surface area (Å²) in [6, 6.07) is 10.0. The molecule has 0 atom stereocenters. The first-order valence-corrected chi connectivity index (χ1v) is 3.48. The van der Waals surface area contributed by atoms with Gasteiger partial charge in [-0.2, -0.15) is 4.58 Å². The van der Waals surface area contributed by atoms with Gasteiger partial charge in [0.1, 0.15) is 7.05 Å². The first-order chi connectivity index (χ1) is 5.34. The molecule has 0 aliphatic carbocycles. The highest BCUT2D eigenvalue weighted by Crippen LogP contribution is 2.06. The molecular weight excluding hydrogens is 138 g/mol. The number of hydrogen-bond acceptors (Lipinski definition) is 1. The smallest absolute Gasteiger partial charge is 0.329 e. The molecule has 2 nitrogen and oxygen atoms in total. The van der Waals surface area contributed by atoms with Gasteiger partial charge in [0.15, 0.2) is 0 Å². The first-order valence-electron chi connectivity index (χ1n) is 3.48. The molecule has 0 aliphatic heterocycles. The number of methoxy groups -OCH3 is 1. The first kappa shape index (κ1) is 7.79. The molecule has 0 aliphatic rings. The number of hydrogen-bond donors (Lipinski definition) is 0. The van der Waals surface area contributed by atoms with Crippen LogP contribution in [0, 0.1) is 0 Å². The molecule has 11 heavy (non-hydrogen) atoms. The largest absolute Gasteiger partial charge is 0.453 e. The van der Waals surface area contributed by atoms with Crippen molar-refractivity contribution in [1.29, 1.82) is 0 Å². The van der Waals surface area contributed by atoms with Crippen molar-refractivity contribution >= 4 is 12.1 Å². The third kappa shape index (κ3) is 2.08. The SMILES string of the molecule is COC=[N+](C)c1ccccc1. The molecule has 0 saturated heterocycles. The second-order valence-electron chi connectivity index (χ2n) is 2.29. The van der Waals surface area contributed by atoms with Crippen molar-refractivity contribution < 1.29 is 9.31 Å². The molecular formula is C9H12NO+. The summed E-state index contributed by atoms with van der Waals surface area (Å²) in [5.41, 5.74) is 1.12. The molecule has 1 rings (SSSR count). The number of para-hydroxylation sites is 1. The van der Waals surface area contributed by atoms with Crippen LogP contribution in [0.2, 0.25) is 0 Å². The molecule has 0 amide bonds. The predicted octanol–water partition coefficient (Wildman–Crippen LogP) is 1.64. The average Bonchev–Trinajstić information content (AvgIpc) is 2.07. The Bertz CT molecular complexity index is 241. The van der Waals surface area contributed by atoms with E-state index in [0.29, 0.717) is 0 Å². The van der Waals surface area contributed by atoms with Gasteiger partial charge in [0, 0.05) is 12.1 Å². The van der Waals surface area contributed by atoms with Crippen molar-refractivity contribution in [3.05, 3.63) is 30.3 Å². The Morgan fingerprint density at radius 3 is 2.45 bits per heavy atom. The van der Waals surface area contributed by atoms with Crippen molar-refractivity contribution in [2.45, 2.75) is 0 Å². The van der Waals surface area contributed by atoms with Crippen LogP contribution in [0.15, 0.2) is 30.3 Å². The summed E-state index contributed by atoms with van der Waals surface area (Å²) in [6.45, 7) is 0. The van der Waals surface area contributed by atoms with Crippen molar-refractivity contribution in [1.82, 2.24) is 0 Å². The van der Waals surface area contributed by atoms with Crippen LogP contribution in [0.3, 0.4) is 0 Å². The van der Waals surface area contributed by atoms with Crippen LogP contribution in [0.4, 0.5) is 5.69 Å².